The summed E-state index contributed by atoms with van der Waals surface area (Å²) in [6.45, 7) is 5.70. The third kappa shape index (κ3) is 5.77. The molecule has 1 atom stereocenters. The van der Waals surface area contributed by atoms with E-state index in [4.69, 9.17) is 5.11 Å². The topological polar surface area (TPSA) is 69.6 Å². The molecule has 0 aromatic carbocycles. The van der Waals surface area contributed by atoms with Crippen LogP contribution in [0.4, 0.5) is 0 Å². The Labute approximate surface area is 131 Å². The molecule has 0 aliphatic heterocycles. The Morgan fingerprint density at radius 3 is 2.62 bits per heavy atom. The number of aliphatic hydroxyl groups excluding tert-OH is 2. The molecule has 21 heavy (non-hydrogen) atoms. The van der Waals surface area contributed by atoms with Crippen LogP contribution in [0.1, 0.15) is 49.8 Å². The van der Waals surface area contributed by atoms with E-state index in [0.717, 1.165) is 11.3 Å². The summed E-state index contributed by atoms with van der Waals surface area (Å²) in [5.74, 6) is -0.435. The molecule has 0 saturated carbocycles. The molecule has 0 radical (unpaired) electrons. The molecule has 0 saturated heterocycles. The van der Waals surface area contributed by atoms with Crippen LogP contribution in [0.3, 0.4) is 0 Å². The van der Waals surface area contributed by atoms with Crippen molar-refractivity contribution < 1.29 is 15.0 Å². The molecular formula is C16H27NO3S. The maximum Gasteiger partial charge on any atom is 0.249 e. The summed E-state index contributed by atoms with van der Waals surface area (Å²) in [5, 5.41) is 21.8. The minimum Gasteiger partial charge on any atom is -0.396 e. The average Bonchev–Trinajstić information content (AvgIpc) is 2.92. The second-order valence-corrected chi connectivity index (χ2v) is 7.35. The molecule has 0 aliphatic carbocycles. The number of aryl methyl sites for hydroxylation is 1. The third-order valence-electron chi connectivity index (χ3n) is 3.58. The van der Waals surface area contributed by atoms with E-state index in [-0.39, 0.29) is 6.61 Å². The predicted molar refractivity (Wildman–Crippen MR) is 86.3 cm³/mol. The number of carbonyl (C=O) groups excluding carboxylic acids is 1. The Morgan fingerprint density at radius 1 is 1.33 bits per heavy atom. The monoisotopic (exact) mass is 313 g/mol. The van der Waals surface area contributed by atoms with E-state index in [1.165, 1.54) is 24.1 Å². The van der Waals surface area contributed by atoms with Crippen LogP contribution in [0.25, 0.3) is 0 Å². The minimum absolute atomic E-state index is 0.234. The zero-order valence-corrected chi connectivity index (χ0v) is 14.0. The molecule has 0 fully saturated rings. The average molecular weight is 313 g/mol. The molecule has 1 aromatic rings. The van der Waals surface area contributed by atoms with Gasteiger partial charge in [0.1, 0.15) is 6.10 Å². The van der Waals surface area contributed by atoms with Crippen LogP contribution >= 0.6 is 11.3 Å². The van der Waals surface area contributed by atoms with Crippen LogP contribution in [0, 0.1) is 5.41 Å². The maximum absolute atomic E-state index is 11.9. The summed E-state index contributed by atoms with van der Waals surface area (Å²) < 4.78 is 0. The number of unbranched alkanes of at least 4 members (excludes halogenated alkanes) is 2. The van der Waals surface area contributed by atoms with Crippen LogP contribution < -0.4 is 5.32 Å². The first kappa shape index (κ1) is 18.1. The zero-order chi connectivity index (χ0) is 15.9. The van der Waals surface area contributed by atoms with Crippen LogP contribution in [0.5, 0.6) is 0 Å². The summed E-state index contributed by atoms with van der Waals surface area (Å²) in [5.41, 5.74) is -0.829. The van der Waals surface area contributed by atoms with Crippen molar-refractivity contribution in [2.45, 2.75) is 59.1 Å². The lowest BCUT2D eigenvalue weighted by atomic mass is 9.87. The largest absolute Gasteiger partial charge is 0.396 e. The van der Waals surface area contributed by atoms with Gasteiger partial charge in [-0.25, -0.2) is 0 Å². The predicted octanol–water partition coefficient (Wildman–Crippen LogP) is 2.48. The molecule has 120 valence electrons. The summed E-state index contributed by atoms with van der Waals surface area (Å²) in [6, 6.07) is 4.13. The van der Waals surface area contributed by atoms with Gasteiger partial charge in [-0.1, -0.05) is 33.6 Å². The van der Waals surface area contributed by atoms with Crippen LogP contribution in [-0.2, 0) is 17.8 Å². The summed E-state index contributed by atoms with van der Waals surface area (Å²) in [6.07, 6.45) is 3.55. The molecular weight excluding hydrogens is 286 g/mol. The number of thiophene rings is 1. The SMILES string of the molecule is CCCCCc1ccc(CNC(=O)[C@H](O)C(C)(C)CO)s1. The number of amides is 1. The number of hydrogen-bond acceptors (Lipinski definition) is 4. The lowest BCUT2D eigenvalue weighted by Gasteiger charge is -2.27. The van der Waals surface area contributed by atoms with Crippen LogP contribution in [0.2, 0.25) is 0 Å². The highest BCUT2D eigenvalue weighted by Crippen LogP contribution is 2.21. The molecule has 5 heteroatoms. The Kier molecular flexibility index (Phi) is 7.35. The molecule has 1 aromatic heterocycles. The van der Waals surface area contributed by atoms with Crippen LogP contribution in [-0.4, -0.2) is 28.8 Å². The number of nitrogens with one attached hydrogen (secondary N) is 1. The second kappa shape index (κ2) is 8.51. The number of carbonyl (C=O) groups is 1. The van der Waals surface area contributed by atoms with Gasteiger partial charge >= 0.3 is 0 Å². The Morgan fingerprint density at radius 2 is 2.00 bits per heavy atom. The fourth-order valence-corrected chi connectivity index (χ4v) is 2.91. The molecule has 4 nitrogen and oxygen atoms in total. The van der Waals surface area contributed by atoms with E-state index < -0.39 is 17.4 Å². The molecule has 1 rings (SSSR count). The van der Waals surface area contributed by atoms with Gasteiger partial charge < -0.3 is 15.5 Å². The molecule has 1 heterocycles. The van der Waals surface area contributed by atoms with E-state index in [2.05, 4.69) is 18.3 Å². The first-order valence-corrected chi connectivity index (χ1v) is 8.36. The normalized spacial score (nSPS) is 13.2. The molecule has 0 bridgehead atoms. The molecule has 0 aliphatic rings. The number of aliphatic hydroxyl groups is 2. The smallest absolute Gasteiger partial charge is 0.249 e. The summed E-state index contributed by atoms with van der Waals surface area (Å²) in [7, 11) is 0. The van der Waals surface area contributed by atoms with Gasteiger partial charge in [0, 0.05) is 15.2 Å². The molecule has 3 N–H and O–H groups in total. The maximum atomic E-state index is 11.9. The minimum atomic E-state index is -1.20. The lowest BCUT2D eigenvalue weighted by molar-refractivity contribution is -0.137. The molecule has 0 spiro atoms. The van der Waals surface area contributed by atoms with Crippen molar-refractivity contribution in [1.82, 2.24) is 5.32 Å². The van der Waals surface area contributed by atoms with Gasteiger partial charge in [0.25, 0.3) is 0 Å². The molecule has 1 amide bonds. The Balaban J connectivity index is 2.43. The van der Waals surface area contributed by atoms with Gasteiger partial charge in [0.2, 0.25) is 5.91 Å². The van der Waals surface area contributed by atoms with Gasteiger partial charge in [0.05, 0.1) is 13.2 Å². The van der Waals surface area contributed by atoms with E-state index in [0.29, 0.717) is 6.54 Å². The lowest BCUT2D eigenvalue weighted by Crippen LogP contribution is -2.45. The van der Waals surface area contributed by atoms with Crippen molar-refractivity contribution in [1.29, 1.82) is 0 Å². The number of hydrogen-bond donors (Lipinski definition) is 3. The highest BCUT2D eigenvalue weighted by molar-refractivity contribution is 7.11. The van der Waals surface area contributed by atoms with Crippen molar-refractivity contribution in [2.75, 3.05) is 6.61 Å². The zero-order valence-electron chi connectivity index (χ0n) is 13.2. The van der Waals surface area contributed by atoms with E-state index in [1.807, 2.05) is 6.07 Å². The highest BCUT2D eigenvalue weighted by Gasteiger charge is 2.32. The van der Waals surface area contributed by atoms with Crippen LogP contribution in [0.15, 0.2) is 12.1 Å². The second-order valence-electron chi connectivity index (χ2n) is 6.09. The van der Waals surface area contributed by atoms with Crippen molar-refractivity contribution in [3.63, 3.8) is 0 Å². The van der Waals surface area contributed by atoms with Crippen molar-refractivity contribution in [3.8, 4) is 0 Å². The van der Waals surface area contributed by atoms with Gasteiger partial charge in [-0.2, -0.15) is 0 Å². The van der Waals surface area contributed by atoms with E-state index in [9.17, 15) is 9.90 Å². The first-order valence-electron chi connectivity index (χ1n) is 7.55. The fraction of sp³-hybridized carbons (Fsp3) is 0.688. The Hall–Kier alpha value is -0.910. The van der Waals surface area contributed by atoms with Crippen molar-refractivity contribution >= 4 is 17.2 Å². The highest BCUT2D eigenvalue weighted by atomic mass is 32.1. The third-order valence-corrected chi connectivity index (χ3v) is 4.72. The van der Waals surface area contributed by atoms with E-state index >= 15 is 0 Å². The summed E-state index contributed by atoms with van der Waals surface area (Å²) in [4.78, 5) is 14.3. The first-order chi connectivity index (χ1) is 9.90. The van der Waals surface area contributed by atoms with Gasteiger partial charge in [-0.05, 0) is 25.0 Å². The quantitative estimate of drug-likeness (QED) is 0.613. The van der Waals surface area contributed by atoms with Crippen molar-refractivity contribution in [3.05, 3.63) is 21.9 Å². The fourth-order valence-electron chi connectivity index (χ4n) is 1.91. The number of rotatable bonds is 9. The Bertz CT molecular complexity index is 442. The van der Waals surface area contributed by atoms with Gasteiger partial charge in [0.15, 0.2) is 0 Å². The van der Waals surface area contributed by atoms with Gasteiger partial charge in [-0.3, -0.25) is 4.79 Å². The molecule has 0 unspecified atom stereocenters. The van der Waals surface area contributed by atoms with Gasteiger partial charge in [-0.15, -0.1) is 11.3 Å². The van der Waals surface area contributed by atoms with Crippen molar-refractivity contribution in [2.24, 2.45) is 5.41 Å². The summed E-state index contributed by atoms with van der Waals surface area (Å²) >= 11 is 1.70. The van der Waals surface area contributed by atoms with E-state index in [1.54, 1.807) is 25.2 Å². The standard InChI is InChI=1S/C16H27NO3S/c1-4-5-6-7-12-8-9-13(21-12)10-17-15(20)14(19)16(2,3)11-18/h8-9,14,18-19H,4-7,10-11H2,1-3H3,(H,17,20)/t14-/m0/s1.